The molecule has 0 amide bonds. The molecule has 1 fully saturated rings. The van der Waals surface area contributed by atoms with Crippen molar-refractivity contribution in [1.29, 1.82) is 0 Å². The van der Waals surface area contributed by atoms with Crippen molar-refractivity contribution in [2.24, 2.45) is 0 Å². The normalized spacial score (nSPS) is 15.4. The van der Waals surface area contributed by atoms with Crippen molar-refractivity contribution in [1.82, 2.24) is 5.32 Å². The molecule has 0 radical (unpaired) electrons. The summed E-state index contributed by atoms with van der Waals surface area (Å²) in [5.74, 6) is 0.836. The van der Waals surface area contributed by atoms with Crippen LogP contribution >= 0.6 is 0 Å². The van der Waals surface area contributed by atoms with Crippen LogP contribution in [0.4, 0.5) is 0 Å². The molecule has 2 aromatic rings. The molecule has 1 N–H and O–H groups in total. The van der Waals surface area contributed by atoms with Gasteiger partial charge >= 0.3 is 0 Å². The molecular weight excluding hydrogens is 214 g/mol. The number of rotatable bonds is 5. The Morgan fingerprint density at radius 3 is 3.06 bits per heavy atom. The lowest BCUT2D eigenvalue weighted by atomic mass is 10.1. The third-order valence-corrected chi connectivity index (χ3v) is 3.10. The lowest BCUT2D eigenvalue weighted by Crippen LogP contribution is -2.14. The highest BCUT2D eigenvalue weighted by molar-refractivity contribution is 5.86. The second kappa shape index (κ2) is 4.41. The predicted octanol–water partition coefficient (Wildman–Crippen LogP) is 3.08. The zero-order valence-electron chi connectivity index (χ0n) is 10.0. The molecule has 1 aliphatic rings. The zero-order chi connectivity index (χ0) is 11.7. The highest BCUT2D eigenvalue weighted by Crippen LogP contribution is 2.30. The Kier molecular flexibility index (Phi) is 2.77. The van der Waals surface area contributed by atoms with Crippen LogP contribution in [-0.2, 0) is 6.54 Å². The van der Waals surface area contributed by atoms with E-state index in [0.717, 1.165) is 29.3 Å². The number of para-hydroxylation sites is 1. The Hall–Kier alpha value is -1.48. The highest BCUT2D eigenvalue weighted by atomic mass is 16.5. The van der Waals surface area contributed by atoms with Gasteiger partial charge in [0.25, 0.3) is 0 Å². The zero-order valence-corrected chi connectivity index (χ0v) is 10.0. The second-order valence-electron chi connectivity index (χ2n) is 4.48. The summed E-state index contributed by atoms with van der Waals surface area (Å²) in [5.41, 5.74) is 2.08. The smallest absolute Gasteiger partial charge is 0.176 e. The van der Waals surface area contributed by atoms with Gasteiger partial charge in [-0.2, -0.15) is 0 Å². The topological polar surface area (TPSA) is 34.4 Å². The Balaban J connectivity index is 1.88. The summed E-state index contributed by atoms with van der Waals surface area (Å²) in [7, 11) is 0. The minimum atomic E-state index is 0.662. The van der Waals surface area contributed by atoms with Gasteiger partial charge in [-0.15, -0.1) is 0 Å². The first-order valence-electron chi connectivity index (χ1n) is 6.23. The van der Waals surface area contributed by atoms with Crippen LogP contribution in [0.15, 0.2) is 28.9 Å². The lowest BCUT2D eigenvalue weighted by Gasteiger charge is -2.03. The quantitative estimate of drug-likeness (QED) is 0.858. The van der Waals surface area contributed by atoms with Gasteiger partial charge in [-0.3, -0.25) is 0 Å². The van der Waals surface area contributed by atoms with Crippen molar-refractivity contribution in [3.8, 4) is 5.75 Å². The Labute approximate surface area is 101 Å². The Morgan fingerprint density at radius 2 is 2.29 bits per heavy atom. The number of ether oxygens (including phenoxy) is 1. The van der Waals surface area contributed by atoms with Crippen molar-refractivity contribution < 1.29 is 9.15 Å². The fourth-order valence-electron chi connectivity index (χ4n) is 2.03. The van der Waals surface area contributed by atoms with Crippen LogP contribution in [0, 0.1) is 0 Å². The molecular formula is C14H17NO2. The maximum absolute atomic E-state index is 5.62. The van der Waals surface area contributed by atoms with Crippen molar-refractivity contribution >= 4 is 11.0 Å². The van der Waals surface area contributed by atoms with E-state index in [-0.39, 0.29) is 0 Å². The van der Waals surface area contributed by atoms with E-state index in [1.807, 2.05) is 25.3 Å². The van der Waals surface area contributed by atoms with E-state index < -0.39 is 0 Å². The van der Waals surface area contributed by atoms with Gasteiger partial charge < -0.3 is 14.5 Å². The summed E-state index contributed by atoms with van der Waals surface area (Å²) in [6, 6.07) is 6.78. The maximum Gasteiger partial charge on any atom is 0.176 e. The average Bonchev–Trinajstić information content (AvgIpc) is 3.08. The van der Waals surface area contributed by atoms with Crippen molar-refractivity contribution in [2.45, 2.75) is 32.4 Å². The first-order chi connectivity index (χ1) is 8.38. The number of nitrogens with one attached hydrogen (secondary N) is 1. The highest BCUT2D eigenvalue weighted by Gasteiger charge is 2.21. The van der Waals surface area contributed by atoms with Crippen LogP contribution in [0.25, 0.3) is 11.0 Å². The molecule has 0 unspecified atom stereocenters. The number of hydrogen-bond donors (Lipinski definition) is 1. The summed E-state index contributed by atoms with van der Waals surface area (Å²) in [6.07, 6.45) is 4.45. The van der Waals surface area contributed by atoms with Crippen LogP contribution in [-0.4, -0.2) is 12.6 Å². The summed E-state index contributed by atoms with van der Waals surface area (Å²) in [4.78, 5) is 0. The van der Waals surface area contributed by atoms with Gasteiger partial charge in [0, 0.05) is 23.5 Å². The van der Waals surface area contributed by atoms with E-state index in [9.17, 15) is 0 Å². The van der Waals surface area contributed by atoms with Gasteiger partial charge in [-0.05, 0) is 25.8 Å². The number of furan rings is 1. The summed E-state index contributed by atoms with van der Waals surface area (Å²) >= 11 is 0. The van der Waals surface area contributed by atoms with E-state index in [1.54, 1.807) is 0 Å². The molecule has 1 heterocycles. The van der Waals surface area contributed by atoms with E-state index in [1.165, 1.54) is 18.4 Å². The molecule has 1 aromatic heterocycles. The third-order valence-electron chi connectivity index (χ3n) is 3.10. The number of hydrogen-bond acceptors (Lipinski definition) is 3. The summed E-state index contributed by atoms with van der Waals surface area (Å²) < 4.78 is 11.2. The molecule has 0 atom stereocenters. The number of fused-ring (bicyclic) bond motifs is 1. The van der Waals surface area contributed by atoms with Gasteiger partial charge in [0.1, 0.15) is 0 Å². The fourth-order valence-corrected chi connectivity index (χ4v) is 2.03. The second-order valence-corrected chi connectivity index (χ2v) is 4.48. The van der Waals surface area contributed by atoms with Gasteiger partial charge in [0.05, 0.1) is 12.9 Å². The fraction of sp³-hybridized carbons (Fsp3) is 0.429. The van der Waals surface area contributed by atoms with E-state index >= 15 is 0 Å². The molecule has 0 spiro atoms. The number of benzene rings is 1. The molecule has 0 saturated heterocycles. The van der Waals surface area contributed by atoms with E-state index in [4.69, 9.17) is 9.15 Å². The molecule has 17 heavy (non-hydrogen) atoms. The third kappa shape index (κ3) is 2.15. The summed E-state index contributed by atoms with van der Waals surface area (Å²) in [6.45, 7) is 3.53. The largest absolute Gasteiger partial charge is 0.490 e. The SMILES string of the molecule is CCOc1cccc2c(CNC3CC3)coc12. The molecule has 3 nitrogen and oxygen atoms in total. The van der Waals surface area contributed by atoms with Crippen LogP contribution < -0.4 is 10.1 Å². The minimum absolute atomic E-state index is 0.662. The minimum Gasteiger partial charge on any atom is -0.490 e. The first-order valence-corrected chi connectivity index (χ1v) is 6.23. The lowest BCUT2D eigenvalue weighted by molar-refractivity contribution is 0.338. The van der Waals surface area contributed by atoms with E-state index in [2.05, 4.69) is 11.4 Å². The van der Waals surface area contributed by atoms with Gasteiger partial charge in [-0.25, -0.2) is 0 Å². The molecule has 0 bridgehead atoms. The van der Waals surface area contributed by atoms with Crippen molar-refractivity contribution in [3.63, 3.8) is 0 Å². The van der Waals surface area contributed by atoms with Crippen molar-refractivity contribution in [2.75, 3.05) is 6.61 Å². The van der Waals surface area contributed by atoms with E-state index in [0.29, 0.717) is 6.61 Å². The first kappa shape index (κ1) is 10.7. The van der Waals surface area contributed by atoms with Gasteiger partial charge in [-0.1, -0.05) is 12.1 Å². The molecule has 3 rings (SSSR count). The van der Waals surface area contributed by atoms with Crippen LogP contribution in [0.3, 0.4) is 0 Å². The van der Waals surface area contributed by atoms with Crippen LogP contribution in [0.1, 0.15) is 25.3 Å². The molecule has 3 heteroatoms. The average molecular weight is 231 g/mol. The molecule has 1 aliphatic carbocycles. The monoisotopic (exact) mass is 231 g/mol. The molecule has 90 valence electrons. The standard InChI is InChI=1S/C14H17NO2/c1-2-16-13-5-3-4-12-10(9-17-14(12)13)8-15-11-6-7-11/h3-5,9,11,15H,2,6-8H2,1H3. The molecule has 0 aliphatic heterocycles. The van der Waals surface area contributed by atoms with Crippen LogP contribution in [0.5, 0.6) is 5.75 Å². The van der Waals surface area contributed by atoms with Crippen LogP contribution in [0.2, 0.25) is 0 Å². The summed E-state index contributed by atoms with van der Waals surface area (Å²) in [5, 5.41) is 4.66. The molecule has 1 saturated carbocycles. The maximum atomic E-state index is 5.62. The predicted molar refractivity (Wildman–Crippen MR) is 67.2 cm³/mol. The van der Waals surface area contributed by atoms with Crippen molar-refractivity contribution in [3.05, 3.63) is 30.0 Å². The Bertz CT molecular complexity index is 514. The van der Waals surface area contributed by atoms with Gasteiger partial charge in [0.2, 0.25) is 0 Å². The Morgan fingerprint density at radius 1 is 1.41 bits per heavy atom. The molecule has 1 aromatic carbocycles. The van der Waals surface area contributed by atoms with Gasteiger partial charge in [0.15, 0.2) is 11.3 Å².